The molecule has 0 bridgehead atoms. The van der Waals surface area contributed by atoms with E-state index in [4.69, 9.17) is 4.74 Å². The predicted octanol–water partition coefficient (Wildman–Crippen LogP) is 3.80. The highest BCUT2D eigenvalue weighted by atomic mass is 16.5. The van der Waals surface area contributed by atoms with Crippen LogP contribution in [0.1, 0.15) is 65.7 Å². The molecule has 1 saturated heterocycles. The molecule has 1 N–H and O–H groups in total. The maximum absolute atomic E-state index is 12.5. The molecule has 2 amide bonds. The van der Waals surface area contributed by atoms with Crippen LogP contribution in [0.5, 0.6) is 0 Å². The molecule has 23 heavy (non-hydrogen) atoms. The summed E-state index contributed by atoms with van der Waals surface area (Å²) >= 11 is 0. The molecular formula is C19H34N2O2. The molecule has 0 radical (unpaired) electrons. The molecule has 4 heteroatoms. The van der Waals surface area contributed by atoms with Crippen molar-refractivity contribution in [2.75, 3.05) is 19.7 Å². The number of urea groups is 1. The molecule has 3 fully saturated rings. The summed E-state index contributed by atoms with van der Waals surface area (Å²) in [6.07, 6.45) is 8.57. The van der Waals surface area contributed by atoms with Crippen molar-refractivity contribution >= 4 is 6.03 Å². The van der Waals surface area contributed by atoms with E-state index >= 15 is 0 Å². The zero-order chi connectivity index (χ0) is 16.4. The summed E-state index contributed by atoms with van der Waals surface area (Å²) < 4.78 is 5.97. The predicted molar refractivity (Wildman–Crippen MR) is 92.4 cm³/mol. The van der Waals surface area contributed by atoms with Crippen LogP contribution in [-0.4, -0.2) is 42.8 Å². The van der Waals surface area contributed by atoms with E-state index in [-0.39, 0.29) is 6.03 Å². The molecule has 3 aliphatic rings. The quantitative estimate of drug-likeness (QED) is 0.855. The van der Waals surface area contributed by atoms with Crippen LogP contribution in [0.3, 0.4) is 0 Å². The van der Waals surface area contributed by atoms with Gasteiger partial charge in [-0.1, -0.05) is 20.8 Å². The van der Waals surface area contributed by atoms with Crippen molar-refractivity contribution in [3.05, 3.63) is 0 Å². The molecule has 2 saturated carbocycles. The minimum absolute atomic E-state index is 0.141. The van der Waals surface area contributed by atoms with E-state index in [1.165, 1.54) is 25.7 Å². The van der Waals surface area contributed by atoms with Gasteiger partial charge in [0, 0.05) is 25.7 Å². The standard InChI is InChI=1S/C19H34N2O2/c1-14-12-19(2,3)9-6-17(14)20-18(22)21-10-7-16(8-11-21)23-13-15-4-5-15/h14-17H,4-13H2,1-3H3,(H,20,22). The van der Waals surface area contributed by atoms with Gasteiger partial charge in [-0.25, -0.2) is 4.79 Å². The van der Waals surface area contributed by atoms with Crippen LogP contribution < -0.4 is 5.32 Å². The lowest BCUT2D eigenvalue weighted by Gasteiger charge is -2.41. The first kappa shape index (κ1) is 17.1. The van der Waals surface area contributed by atoms with Gasteiger partial charge in [0.1, 0.15) is 0 Å². The van der Waals surface area contributed by atoms with Crippen molar-refractivity contribution in [1.29, 1.82) is 0 Å². The van der Waals surface area contributed by atoms with Crippen LogP contribution >= 0.6 is 0 Å². The van der Waals surface area contributed by atoms with Crippen molar-refractivity contribution in [3.63, 3.8) is 0 Å². The Hall–Kier alpha value is -0.770. The lowest BCUT2D eigenvalue weighted by atomic mass is 9.70. The Labute approximate surface area is 141 Å². The molecule has 0 spiro atoms. The van der Waals surface area contributed by atoms with Crippen molar-refractivity contribution in [2.24, 2.45) is 17.3 Å². The number of likely N-dealkylation sites (tertiary alicyclic amines) is 1. The van der Waals surface area contributed by atoms with Gasteiger partial charge in [0.25, 0.3) is 0 Å². The first-order chi connectivity index (χ1) is 10.9. The Kier molecular flexibility index (Phi) is 5.19. The van der Waals surface area contributed by atoms with Crippen LogP contribution in [-0.2, 0) is 4.74 Å². The summed E-state index contributed by atoms with van der Waals surface area (Å²) in [5.74, 6) is 1.40. The minimum atomic E-state index is 0.141. The van der Waals surface area contributed by atoms with Crippen molar-refractivity contribution in [1.82, 2.24) is 10.2 Å². The van der Waals surface area contributed by atoms with E-state index in [0.29, 0.717) is 23.5 Å². The number of amides is 2. The Morgan fingerprint density at radius 1 is 1.17 bits per heavy atom. The lowest BCUT2D eigenvalue weighted by molar-refractivity contribution is 0.00883. The molecule has 2 unspecified atom stereocenters. The van der Waals surface area contributed by atoms with Crippen LogP contribution in [0.2, 0.25) is 0 Å². The van der Waals surface area contributed by atoms with Gasteiger partial charge in [0.2, 0.25) is 0 Å². The van der Waals surface area contributed by atoms with Gasteiger partial charge in [-0.15, -0.1) is 0 Å². The van der Waals surface area contributed by atoms with Gasteiger partial charge in [0.05, 0.1) is 6.10 Å². The number of rotatable bonds is 4. The van der Waals surface area contributed by atoms with Gasteiger partial charge < -0.3 is 15.0 Å². The number of hydrogen-bond acceptors (Lipinski definition) is 2. The Morgan fingerprint density at radius 3 is 2.48 bits per heavy atom. The SMILES string of the molecule is CC1CC(C)(C)CCC1NC(=O)N1CCC(OCC2CC2)CC1. The number of ether oxygens (including phenoxy) is 1. The zero-order valence-corrected chi connectivity index (χ0v) is 15.1. The van der Waals surface area contributed by atoms with E-state index in [1.807, 2.05) is 4.90 Å². The second-order valence-electron chi connectivity index (χ2n) is 8.90. The summed E-state index contributed by atoms with van der Waals surface area (Å²) in [6.45, 7) is 9.58. The first-order valence-electron chi connectivity index (χ1n) is 9.60. The summed E-state index contributed by atoms with van der Waals surface area (Å²) in [5, 5.41) is 3.30. The summed E-state index contributed by atoms with van der Waals surface area (Å²) in [7, 11) is 0. The largest absolute Gasteiger partial charge is 0.378 e. The zero-order valence-electron chi connectivity index (χ0n) is 15.1. The summed E-state index contributed by atoms with van der Waals surface area (Å²) in [5.41, 5.74) is 0.428. The van der Waals surface area contributed by atoms with Crippen LogP contribution in [0.4, 0.5) is 4.79 Å². The van der Waals surface area contributed by atoms with Gasteiger partial charge in [-0.05, 0) is 62.2 Å². The van der Waals surface area contributed by atoms with E-state index in [1.54, 1.807) is 0 Å². The van der Waals surface area contributed by atoms with Crippen molar-refractivity contribution in [2.45, 2.75) is 77.9 Å². The van der Waals surface area contributed by atoms with E-state index in [9.17, 15) is 4.79 Å². The fraction of sp³-hybridized carbons (Fsp3) is 0.947. The molecular weight excluding hydrogens is 288 g/mol. The summed E-state index contributed by atoms with van der Waals surface area (Å²) in [6, 6.07) is 0.488. The average Bonchev–Trinajstić information content (AvgIpc) is 3.32. The van der Waals surface area contributed by atoms with Gasteiger partial charge in [-0.3, -0.25) is 0 Å². The molecule has 3 rings (SSSR count). The van der Waals surface area contributed by atoms with Gasteiger partial charge in [-0.2, -0.15) is 0 Å². The van der Waals surface area contributed by atoms with Gasteiger partial charge >= 0.3 is 6.03 Å². The molecule has 0 aromatic carbocycles. The fourth-order valence-corrected chi connectivity index (χ4v) is 4.19. The highest BCUT2D eigenvalue weighted by Gasteiger charge is 2.34. The molecule has 1 heterocycles. The van der Waals surface area contributed by atoms with Crippen LogP contribution in [0, 0.1) is 17.3 Å². The number of carbonyl (C=O) groups excluding carboxylic acids is 1. The molecule has 1 aliphatic heterocycles. The van der Waals surface area contributed by atoms with Crippen LogP contribution in [0.25, 0.3) is 0 Å². The monoisotopic (exact) mass is 322 g/mol. The fourth-order valence-electron chi connectivity index (χ4n) is 4.19. The Bertz CT molecular complexity index is 412. The number of nitrogens with one attached hydrogen (secondary N) is 1. The number of piperidine rings is 1. The van der Waals surface area contributed by atoms with Gasteiger partial charge in [0.15, 0.2) is 0 Å². The number of carbonyl (C=O) groups is 1. The molecule has 2 aliphatic carbocycles. The lowest BCUT2D eigenvalue weighted by Crippen LogP contribution is -2.52. The van der Waals surface area contributed by atoms with Crippen LogP contribution in [0.15, 0.2) is 0 Å². The third kappa shape index (κ3) is 4.85. The van der Waals surface area contributed by atoms with E-state index in [2.05, 4.69) is 26.1 Å². The maximum atomic E-state index is 12.5. The summed E-state index contributed by atoms with van der Waals surface area (Å²) in [4.78, 5) is 14.5. The molecule has 132 valence electrons. The minimum Gasteiger partial charge on any atom is -0.378 e. The number of hydrogen-bond donors (Lipinski definition) is 1. The average molecular weight is 322 g/mol. The number of nitrogens with zero attached hydrogens (tertiary/aromatic N) is 1. The molecule has 0 aromatic rings. The molecule has 4 nitrogen and oxygen atoms in total. The maximum Gasteiger partial charge on any atom is 0.317 e. The Balaban J connectivity index is 1.39. The highest BCUT2D eigenvalue weighted by Crippen LogP contribution is 2.38. The third-order valence-electron chi connectivity index (χ3n) is 6.00. The second kappa shape index (κ2) is 7.00. The van der Waals surface area contributed by atoms with E-state index in [0.717, 1.165) is 44.9 Å². The topological polar surface area (TPSA) is 41.6 Å². The normalized spacial score (nSPS) is 31.9. The molecule has 2 atom stereocenters. The second-order valence-corrected chi connectivity index (χ2v) is 8.90. The Morgan fingerprint density at radius 2 is 1.87 bits per heavy atom. The first-order valence-corrected chi connectivity index (χ1v) is 9.60. The van der Waals surface area contributed by atoms with Crippen molar-refractivity contribution in [3.8, 4) is 0 Å². The van der Waals surface area contributed by atoms with E-state index < -0.39 is 0 Å². The smallest absolute Gasteiger partial charge is 0.317 e. The third-order valence-corrected chi connectivity index (χ3v) is 6.00. The highest BCUT2D eigenvalue weighted by molar-refractivity contribution is 5.74. The van der Waals surface area contributed by atoms with Crippen molar-refractivity contribution < 1.29 is 9.53 Å². The molecule has 0 aromatic heterocycles.